The lowest BCUT2D eigenvalue weighted by atomic mass is 10.1. The average molecular weight is 451 g/mol. The van der Waals surface area contributed by atoms with Gasteiger partial charge in [0.15, 0.2) is 19.7 Å². The second-order valence-electron chi connectivity index (χ2n) is 7.55. The van der Waals surface area contributed by atoms with Gasteiger partial charge in [-0.2, -0.15) is 0 Å². The van der Waals surface area contributed by atoms with Crippen molar-refractivity contribution in [2.24, 2.45) is 0 Å². The maximum atomic E-state index is 13.6. The van der Waals surface area contributed by atoms with Crippen LogP contribution in [0, 0.1) is 13.8 Å². The largest absolute Gasteiger partial charge is 0.466 e. The Bertz CT molecular complexity index is 1050. The Hall–Kier alpha value is -2.26. The summed E-state index contributed by atoms with van der Waals surface area (Å²) >= 11 is 1.16. The van der Waals surface area contributed by atoms with Gasteiger partial charge in [-0.3, -0.25) is 9.59 Å². The number of anilines is 1. The van der Waals surface area contributed by atoms with E-state index in [4.69, 9.17) is 4.74 Å². The highest BCUT2D eigenvalue weighted by Gasteiger charge is 2.53. The summed E-state index contributed by atoms with van der Waals surface area (Å²) in [6.07, 6.45) is 1.89. The zero-order valence-electron chi connectivity index (χ0n) is 17.4. The third-order valence-electron chi connectivity index (χ3n) is 5.38. The summed E-state index contributed by atoms with van der Waals surface area (Å²) in [6, 6.07) is 5.26. The van der Waals surface area contributed by atoms with Crippen LogP contribution in [-0.2, 0) is 30.6 Å². The molecular weight excluding hydrogens is 424 g/mol. The van der Waals surface area contributed by atoms with E-state index in [2.05, 4.69) is 10.3 Å². The molecule has 0 saturated heterocycles. The van der Waals surface area contributed by atoms with Gasteiger partial charge in [0.1, 0.15) is 0 Å². The van der Waals surface area contributed by atoms with Gasteiger partial charge < -0.3 is 10.1 Å². The van der Waals surface area contributed by atoms with Crippen LogP contribution in [0.5, 0.6) is 0 Å². The first-order chi connectivity index (χ1) is 14.2. The Morgan fingerprint density at radius 1 is 1.23 bits per heavy atom. The second-order valence-corrected chi connectivity index (χ2v) is 10.6. The number of esters is 1. The summed E-state index contributed by atoms with van der Waals surface area (Å²) in [7, 11) is -3.90. The number of aromatic nitrogens is 1. The minimum Gasteiger partial charge on any atom is -0.466 e. The van der Waals surface area contributed by atoms with E-state index in [0.29, 0.717) is 24.1 Å². The molecule has 0 unspecified atom stereocenters. The maximum absolute atomic E-state index is 13.6. The van der Waals surface area contributed by atoms with E-state index in [1.807, 2.05) is 13.0 Å². The normalized spacial score (nSPS) is 15.7. The van der Waals surface area contributed by atoms with Gasteiger partial charge in [0.05, 0.1) is 23.6 Å². The van der Waals surface area contributed by atoms with Crippen molar-refractivity contribution in [3.8, 4) is 0 Å². The molecule has 7 nitrogen and oxygen atoms in total. The molecule has 1 aromatic heterocycles. The number of sulfone groups is 1. The molecule has 1 aromatic carbocycles. The topological polar surface area (TPSA) is 102 Å². The fourth-order valence-electron chi connectivity index (χ4n) is 3.79. The Morgan fingerprint density at radius 3 is 2.60 bits per heavy atom. The van der Waals surface area contributed by atoms with Crippen molar-refractivity contribution >= 4 is 38.2 Å². The van der Waals surface area contributed by atoms with Crippen LogP contribution in [0.2, 0.25) is 0 Å². The fraction of sp³-hybridized carbons (Fsp3) is 0.476. The molecule has 0 aliphatic heterocycles. The minimum absolute atomic E-state index is 0.00609. The summed E-state index contributed by atoms with van der Waals surface area (Å²) < 4.78 is 30.7. The summed E-state index contributed by atoms with van der Waals surface area (Å²) in [5.41, 5.74) is 1.94. The SMILES string of the molecule is CCOC(=O)Cc1csc(NC(=O)C2(S(=O)(=O)c3cc(C)ccc3C)CCCC2)n1. The van der Waals surface area contributed by atoms with E-state index < -0.39 is 26.5 Å². The predicted molar refractivity (Wildman–Crippen MR) is 115 cm³/mol. The second kappa shape index (κ2) is 8.85. The van der Waals surface area contributed by atoms with Crippen molar-refractivity contribution in [2.45, 2.75) is 62.5 Å². The molecule has 1 heterocycles. The van der Waals surface area contributed by atoms with Gasteiger partial charge in [0.25, 0.3) is 0 Å². The molecule has 0 radical (unpaired) electrons. The van der Waals surface area contributed by atoms with Gasteiger partial charge in [-0.15, -0.1) is 11.3 Å². The first-order valence-electron chi connectivity index (χ1n) is 9.93. The van der Waals surface area contributed by atoms with Gasteiger partial charge in [0.2, 0.25) is 5.91 Å². The van der Waals surface area contributed by atoms with Gasteiger partial charge in [-0.05, 0) is 50.8 Å². The molecule has 1 N–H and O–H groups in total. The van der Waals surface area contributed by atoms with Crippen molar-refractivity contribution in [3.05, 3.63) is 40.4 Å². The molecule has 2 aromatic rings. The zero-order chi connectivity index (χ0) is 21.9. The summed E-state index contributed by atoms with van der Waals surface area (Å²) in [5.74, 6) is -0.955. The summed E-state index contributed by atoms with van der Waals surface area (Å²) in [5, 5.41) is 4.64. The number of aryl methyl sites for hydroxylation is 2. The Balaban J connectivity index is 1.87. The third-order valence-corrected chi connectivity index (χ3v) is 8.82. The fourth-order valence-corrected chi connectivity index (χ4v) is 6.87. The molecule has 0 bridgehead atoms. The Morgan fingerprint density at radius 2 is 1.93 bits per heavy atom. The van der Waals surface area contributed by atoms with Crippen LogP contribution in [0.1, 0.15) is 49.4 Å². The number of amides is 1. The lowest BCUT2D eigenvalue weighted by molar-refractivity contribution is -0.142. The van der Waals surface area contributed by atoms with Crippen LogP contribution < -0.4 is 5.32 Å². The number of thiazole rings is 1. The lowest BCUT2D eigenvalue weighted by Crippen LogP contribution is -2.47. The summed E-state index contributed by atoms with van der Waals surface area (Å²) in [4.78, 5) is 29.4. The number of rotatable bonds is 7. The number of ether oxygens (including phenoxy) is 1. The van der Waals surface area contributed by atoms with Crippen LogP contribution in [-0.4, -0.2) is 36.6 Å². The molecule has 0 spiro atoms. The number of benzene rings is 1. The number of hydrogen-bond donors (Lipinski definition) is 1. The molecular formula is C21H26N2O5S2. The summed E-state index contributed by atoms with van der Waals surface area (Å²) in [6.45, 7) is 5.59. The molecule has 0 atom stereocenters. The molecule has 30 heavy (non-hydrogen) atoms. The monoisotopic (exact) mass is 450 g/mol. The van der Waals surface area contributed by atoms with Crippen molar-refractivity contribution in [1.29, 1.82) is 0 Å². The highest BCUT2D eigenvalue weighted by Crippen LogP contribution is 2.42. The molecule has 1 saturated carbocycles. The molecule has 9 heteroatoms. The molecule has 3 rings (SSSR count). The Labute approximate surface area is 180 Å². The zero-order valence-corrected chi connectivity index (χ0v) is 19.0. The Kier molecular flexibility index (Phi) is 6.62. The predicted octanol–water partition coefficient (Wildman–Crippen LogP) is 3.59. The van der Waals surface area contributed by atoms with Crippen molar-refractivity contribution < 1.29 is 22.7 Å². The van der Waals surface area contributed by atoms with Gasteiger partial charge in [0, 0.05) is 5.38 Å². The van der Waals surface area contributed by atoms with E-state index in [0.717, 1.165) is 16.9 Å². The highest BCUT2D eigenvalue weighted by molar-refractivity contribution is 7.93. The van der Waals surface area contributed by atoms with Crippen LogP contribution in [0.4, 0.5) is 5.13 Å². The number of carbonyl (C=O) groups is 2. The third kappa shape index (κ3) is 4.27. The average Bonchev–Trinajstić information content (AvgIpc) is 3.34. The van der Waals surface area contributed by atoms with Gasteiger partial charge in [-0.25, -0.2) is 13.4 Å². The molecule has 1 fully saturated rings. The quantitative estimate of drug-likeness (QED) is 0.647. The van der Waals surface area contributed by atoms with E-state index >= 15 is 0 Å². The maximum Gasteiger partial charge on any atom is 0.311 e. The number of hydrogen-bond acceptors (Lipinski definition) is 7. The molecule has 1 aliphatic rings. The van der Waals surface area contributed by atoms with Crippen LogP contribution in [0.25, 0.3) is 0 Å². The number of nitrogens with zero attached hydrogens (tertiary/aromatic N) is 1. The van der Waals surface area contributed by atoms with Crippen LogP contribution in [0.15, 0.2) is 28.5 Å². The van der Waals surface area contributed by atoms with E-state index in [1.54, 1.807) is 31.4 Å². The standard InChI is InChI=1S/C21H26N2O5S2/c1-4-28-18(24)12-16-13-29-20(22-16)23-19(25)21(9-5-6-10-21)30(26,27)17-11-14(2)7-8-15(17)3/h7-8,11,13H,4-6,9-10,12H2,1-3H3,(H,22,23,25). The molecule has 1 amide bonds. The van der Waals surface area contributed by atoms with E-state index in [1.165, 1.54) is 0 Å². The minimum atomic E-state index is -3.90. The smallest absolute Gasteiger partial charge is 0.311 e. The first kappa shape index (κ1) is 22.4. The van der Waals surface area contributed by atoms with Crippen molar-refractivity contribution in [3.63, 3.8) is 0 Å². The highest BCUT2D eigenvalue weighted by atomic mass is 32.2. The van der Waals surface area contributed by atoms with E-state index in [9.17, 15) is 18.0 Å². The molecule has 162 valence electrons. The van der Waals surface area contributed by atoms with Gasteiger partial charge >= 0.3 is 5.97 Å². The van der Waals surface area contributed by atoms with Crippen molar-refractivity contribution in [2.75, 3.05) is 11.9 Å². The van der Waals surface area contributed by atoms with Crippen molar-refractivity contribution in [1.82, 2.24) is 4.98 Å². The number of carbonyl (C=O) groups excluding carboxylic acids is 2. The number of nitrogens with one attached hydrogen (secondary N) is 1. The first-order valence-corrected chi connectivity index (χ1v) is 12.3. The van der Waals surface area contributed by atoms with Crippen LogP contribution >= 0.6 is 11.3 Å². The lowest BCUT2D eigenvalue weighted by Gasteiger charge is -2.28. The molecule has 1 aliphatic carbocycles. The van der Waals surface area contributed by atoms with Crippen LogP contribution in [0.3, 0.4) is 0 Å². The van der Waals surface area contributed by atoms with Gasteiger partial charge in [-0.1, -0.05) is 25.0 Å². The van der Waals surface area contributed by atoms with E-state index in [-0.39, 0.29) is 35.9 Å².